The maximum absolute atomic E-state index is 13.2. The summed E-state index contributed by atoms with van der Waals surface area (Å²) in [5.74, 6) is 1.09. The van der Waals surface area contributed by atoms with Crippen molar-refractivity contribution in [3.05, 3.63) is 65.5 Å². The summed E-state index contributed by atoms with van der Waals surface area (Å²) in [5.41, 5.74) is 2.14. The van der Waals surface area contributed by atoms with Crippen LogP contribution < -0.4 is 4.74 Å². The van der Waals surface area contributed by atoms with E-state index in [1.54, 1.807) is 19.2 Å². The molecule has 2 aromatic rings. The number of carbonyl (C=O) groups excluding carboxylic acids is 1. The highest BCUT2D eigenvalue weighted by molar-refractivity contribution is 5.77. The van der Waals surface area contributed by atoms with Crippen LogP contribution in [0.25, 0.3) is 0 Å². The van der Waals surface area contributed by atoms with E-state index in [-0.39, 0.29) is 17.8 Å². The van der Waals surface area contributed by atoms with Crippen LogP contribution in [0, 0.1) is 11.7 Å². The van der Waals surface area contributed by atoms with Crippen molar-refractivity contribution in [3.63, 3.8) is 0 Å². The normalized spacial score (nSPS) is 18.4. The lowest BCUT2D eigenvalue weighted by Gasteiger charge is -2.35. The molecule has 1 atom stereocenters. The Kier molecular flexibility index (Phi) is 6.68. The average molecular weight is 384 g/mol. The summed E-state index contributed by atoms with van der Waals surface area (Å²) in [5, 5.41) is 0. The van der Waals surface area contributed by atoms with Crippen molar-refractivity contribution in [3.8, 4) is 5.75 Å². The maximum atomic E-state index is 13.2. The van der Waals surface area contributed by atoms with Gasteiger partial charge in [-0.1, -0.05) is 38.1 Å². The van der Waals surface area contributed by atoms with Gasteiger partial charge in [-0.2, -0.15) is 0 Å². The number of amides is 1. The topological polar surface area (TPSA) is 32.8 Å². The van der Waals surface area contributed by atoms with E-state index in [0.29, 0.717) is 18.9 Å². The van der Waals surface area contributed by atoms with Gasteiger partial charge in [0.25, 0.3) is 0 Å². The number of carbonyl (C=O) groups is 1. The molecule has 1 aliphatic rings. The van der Waals surface area contributed by atoms with E-state index in [0.717, 1.165) is 30.9 Å². The SMILES string of the molecule is COc1cccc(CN2CCC(=O)N(Cc3ccc(F)cc3)C(C(C)C)C2)c1. The minimum Gasteiger partial charge on any atom is -0.497 e. The highest BCUT2D eigenvalue weighted by Crippen LogP contribution is 2.23. The Balaban J connectivity index is 1.76. The van der Waals surface area contributed by atoms with Crippen LogP contribution in [0.2, 0.25) is 0 Å². The molecule has 0 aliphatic carbocycles. The molecule has 5 heteroatoms. The number of ether oxygens (including phenoxy) is 1. The number of halogens is 1. The maximum Gasteiger partial charge on any atom is 0.224 e. The molecule has 0 spiro atoms. The molecule has 4 nitrogen and oxygen atoms in total. The first-order chi connectivity index (χ1) is 13.5. The highest BCUT2D eigenvalue weighted by atomic mass is 19.1. The van der Waals surface area contributed by atoms with Gasteiger partial charge >= 0.3 is 0 Å². The fourth-order valence-electron chi connectivity index (χ4n) is 3.77. The summed E-state index contributed by atoms with van der Waals surface area (Å²) in [4.78, 5) is 17.2. The molecule has 0 aromatic heterocycles. The third-order valence-electron chi connectivity index (χ3n) is 5.38. The molecule has 1 fully saturated rings. The van der Waals surface area contributed by atoms with Crippen LogP contribution in [0.4, 0.5) is 4.39 Å². The molecule has 3 rings (SSSR count). The summed E-state index contributed by atoms with van der Waals surface area (Å²) in [6, 6.07) is 14.6. The van der Waals surface area contributed by atoms with Gasteiger partial charge in [-0.15, -0.1) is 0 Å². The van der Waals surface area contributed by atoms with E-state index in [9.17, 15) is 9.18 Å². The highest BCUT2D eigenvalue weighted by Gasteiger charge is 2.31. The Morgan fingerprint density at radius 1 is 1.11 bits per heavy atom. The van der Waals surface area contributed by atoms with Crippen molar-refractivity contribution < 1.29 is 13.9 Å². The van der Waals surface area contributed by atoms with Crippen LogP contribution in [-0.2, 0) is 17.9 Å². The Morgan fingerprint density at radius 3 is 2.54 bits per heavy atom. The van der Waals surface area contributed by atoms with E-state index < -0.39 is 0 Å². The second-order valence-corrected chi connectivity index (χ2v) is 7.80. The molecule has 0 radical (unpaired) electrons. The molecule has 1 unspecified atom stereocenters. The predicted octanol–water partition coefficient (Wildman–Crippen LogP) is 4.09. The van der Waals surface area contributed by atoms with E-state index in [2.05, 4.69) is 24.8 Å². The second kappa shape index (κ2) is 9.20. The summed E-state index contributed by atoms with van der Waals surface area (Å²) in [6.45, 7) is 7.18. The molecule has 2 aromatic carbocycles. The van der Waals surface area contributed by atoms with Gasteiger partial charge in [0.1, 0.15) is 11.6 Å². The van der Waals surface area contributed by atoms with E-state index in [1.807, 2.05) is 23.1 Å². The summed E-state index contributed by atoms with van der Waals surface area (Å²) in [7, 11) is 1.67. The zero-order chi connectivity index (χ0) is 20.1. The van der Waals surface area contributed by atoms with Crippen molar-refractivity contribution in [1.29, 1.82) is 0 Å². The summed E-state index contributed by atoms with van der Waals surface area (Å²) >= 11 is 0. The fourth-order valence-corrected chi connectivity index (χ4v) is 3.77. The number of hydrogen-bond acceptors (Lipinski definition) is 3. The van der Waals surface area contributed by atoms with Crippen molar-refractivity contribution in [2.45, 2.75) is 39.4 Å². The first-order valence-corrected chi connectivity index (χ1v) is 9.85. The number of benzene rings is 2. The quantitative estimate of drug-likeness (QED) is 0.752. The van der Waals surface area contributed by atoms with E-state index >= 15 is 0 Å². The van der Waals surface area contributed by atoms with Gasteiger partial charge in [0.2, 0.25) is 5.91 Å². The van der Waals surface area contributed by atoms with Crippen LogP contribution in [0.15, 0.2) is 48.5 Å². The second-order valence-electron chi connectivity index (χ2n) is 7.80. The van der Waals surface area contributed by atoms with Gasteiger partial charge < -0.3 is 9.64 Å². The zero-order valence-electron chi connectivity index (χ0n) is 16.9. The lowest BCUT2D eigenvalue weighted by molar-refractivity contribution is -0.134. The number of nitrogens with zero attached hydrogens (tertiary/aromatic N) is 2. The van der Waals surface area contributed by atoms with Crippen LogP contribution in [0.5, 0.6) is 5.75 Å². The molecule has 0 saturated carbocycles. The third-order valence-corrected chi connectivity index (χ3v) is 5.38. The van der Waals surface area contributed by atoms with E-state index in [4.69, 9.17) is 4.74 Å². The largest absolute Gasteiger partial charge is 0.497 e. The summed E-state index contributed by atoms with van der Waals surface area (Å²) < 4.78 is 18.6. The van der Waals surface area contributed by atoms with Crippen molar-refractivity contribution >= 4 is 5.91 Å². The van der Waals surface area contributed by atoms with Crippen LogP contribution in [0.1, 0.15) is 31.4 Å². The van der Waals surface area contributed by atoms with Gasteiger partial charge in [0.15, 0.2) is 0 Å². The molecule has 1 saturated heterocycles. The lowest BCUT2D eigenvalue weighted by atomic mass is 10.0. The fraction of sp³-hybridized carbons (Fsp3) is 0.435. The molecule has 28 heavy (non-hydrogen) atoms. The predicted molar refractivity (Wildman–Crippen MR) is 108 cm³/mol. The molecule has 0 bridgehead atoms. The number of rotatable bonds is 6. The van der Waals surface area contributed by atoms with Crippen molar-refractivity contribution in [1.82, 2.24) is 9.80 Å². The zero-order valence-corrected chi connectivity index (χ0v) is 16.9. The molecule has 1 aliphatic heterocycles. The molecule has 1 heterocycles. The van der Waals surface area contributed by atoms with Gasteiger partial charge in [0, 0.05) is 38.6 Å². The molecule has 1 amide bonds. The summed E-state index contributed by atoms with van der Waals surface area (Å²) in [6.07, 6.45) is 0.494. The average Bonchev–Trinajstić information content (AvgIpc) is 2.84. The van der Waals surface area contributed by atoms with Gasteiger partial charge in [0.05, 0.1) is 7.11 Å². The minimum atomic E-state index is -0.254. The number of methoxy groups -OCH3 is 1. The van der Waals surface area contributed by atoms with Gasteiger partial charge in [-0.05, 0) is 41.3 Å². The van der Waals surface area contributed by atoms with Crippen molar-refractivity contribution in [2.75, 3.05) is 20.2 Å². The smallest absolute Gasteiger partial charge is 0.224 e. The van der Waals surface area contributed by atoms with Gasteiger partial charge in [-0.3, -0.25) is 9.69 Å². The van der Waals surface area contributed by atoms with Crippen LogP contribution in [0.3, 0.4) is 0 Å². The Bertz CT molecular complexity index is 791. The third kappa shape index (κ3) is 5.10. The first-order valence-electron chi connectivity index (χ1n) is 9.85. The van der Waals surface area contributed by atoms with Gasteiger partial charge in [-0.25, -0.2) is 4.39 Å². The monoisotopic (exact) mass is 384 g/mol. The minimum absolute atomic E-state index is 0.116. The Morgan fingerprint density at radius 2 is 1.86 bits per heavy atom. The molecule has 0 N–H and O–H groups in total. The molecular weight excluding hydrogens is 355 g/mol. The molecular formula is C23H29FN2O2. The number of hydrogen-bond donors (Lipinski definition) is 0. The molecule has 150 valence electrons. The Hall–Kier alpha value is -2.40. The standard InChI is InChI=1S/C23H29FN2O2/c1-17(2)22-16-25(14-19-5-4-6-21(13-19)28-3)12-11-23(27)26(22)15-18-7-9-20(24)10-8-18/h4-10,13,17,22H,11-12,14-16H2,1-3H3. The van der Waals surface area contributed by atoms with Crippen LogP contribution in [-0.4, -0.2) is 41.9 Å². The first kappa shape index (κ1) is 20.3. The van der Waals surface area contributed by atoms with E-state index in [1.165, 1.54) is 17.7 Å². The lowest BCUT2D eigenvalue weighted by Crippen LogP contribution is -2.45. The van der Waals surface area contributed by atoms with Crippen molar-refractivity contribution in [2.24, 2.45) is 5.92 Å². The Labute approximate surface area is 166 Å². The van der Waals surface area contributed by atoms with Crippen LogP contribution >= 0.6 is 0 Å².